The molecule has 17 heavy (non-hydrogen) atoms. The van der Waals surface area contributed by atoms with Gasteiger partial charge in [0.05, 0.1) is 6.61 Å². The molecule has 0 spiro atoms. The molecule has 0 radical (unpaired) electrons. The molecule has 2 nitrogen and oxygen atoms in total. The van der Waals surface area contributed by atoms with E-state index >= 15 is 0 Å². The van der Waals surface area contributed by atoms with Crippen molar-refractivity contribution < 1.29 is 4.74 Å². The first-order valence-corrected chi connectivity index (χ1v) is 6.67. The molecule has 1 saturated carbocycles. The Morgan fingerprint density at radius 1 is 1.41 bits per heavy atom. The van der Waals surface area contributed by atoms with Crippen molar-refractivity contribution in [1.82, 2.24) is 0 Å². The van der Waals surface area contributed by atoms with Crippen LogP contribution in [0.2, 0.25) is 0 Å². The Kier molecular flexibility index (Phi) is 3.72. The summed E-state index contributed by atoms with van der Waals surface area (Å²) in [6, 6.07) is 8.26. The SMILES string of the molecule is CCCOc1ccccc1C1(N)CCC(C)C1. The van der Waals surface area contributed by atoms with Crippen molar-refractivity contribution in [2.24, 2.45) is 11.7 Å². The molecule has 1 aromatic rings. The van der Waals surface area contributed by atoms with E-state index < -0.39 is 0 Å². The van der Waals surface area contributed by atoms with Crippen LogP contribution in [0.25, 0.3) is 0 Å². The van der Waals surface area contributed by atoms with Gasteiger partial charge in [-0.15, -0.1) is 0 Å². The fourth-order valence-electron chi connectivity index (χ4n) is 2.79. The van der Waals surface area contributed by atoms with Gasteiger partial charge in [0, 0.05) is 11.1 Å². The highest BCUT2D eigenvalue weighted by Gasteiger charge is 2.37. The predicted octanol–water partition coefficient (Wildman–Crippen LogP) is 3.45. The molecule has 0 aliphatic heterocycles. The van der Waals surface area contributed by atoms with Gasteiger partial charge in [-0.2, -0.15) is 0 Å². The quantitative estimate of drug-likeness (QED) is 0.864. The summed E-state index contributed by atoms with van der Waals surface area (Å²) in [5.74, 6) is 1.70. The first-order valence-electron chi connectivity index (χ1n) is 6.67. The Balaban J connectivity index is 2.25. The van der Waals surface area contributed by atoms with Crippen molar-refractivity contribution in [3.05, 3.63) is 29.8 Å². The monoisotopic (exact) mass is 233 g/mol. The molecule has 1 aliphatic carbocycles. The zero-order chi connectivity index (χ0) is 12.3. The van der Waals surface area contributed by atoms with E-state index in [4.69, 9.17) is 10.5 Å². The second kappa shape index (κ2) is 5.09. The van der Waals surface area contributed by atoms with Crippen LogP contribution in [0.3, 0.4) is 0 Å². The number of para-hydroxylation sites is 1. The third-order valence-electron chi connectivity index (χ3n) is 3.68. The zero-order valence-electron chi connectivity index (χ0n) is 10.9. The van der Waals surface area contributed by atoms with E-state index in [0.717, 1.165) is 37.5 Å². The van der Waals surface area contributed by atoms with Crippen molar-refractivity contribution in [3.8, 4) is 5.75 Å². The molecule has 2 atom stereocenters. The van der Waals surface area contributed by atoms with Crippen LogP contribution in [-0.2, 0) is 5.54 Å². The molecule has 0 amide bonds. The van der Waals surface area contributed by atoms with Crippen molar-refractivity contribution in [3.63, 3.8) is 0 Å². The van der Waals surface area contributed by atoms with Gasteiger partial charge in [0.1, 0.15) is 5.75 Å². The van der Waals surface area contributed by atoms with Gasteiger partial charge < -0.3 is 10.5 Å². The minimum Gasteiger partial charge on any atom is -0.493 e. The standard InChI is InChI=1S/C15H23NO/c1-3-10-17-14-7-5-4-6-13(14)15(16)9-8-12(2)11-15/h4-7,12H,3,8-11,16H2,1-2H3. The highest BCUT2D eigenvalue weighted by molar-refractivity contribution is 5.39. The number of hydrogen-bond donors (Lipinski definition) is 1. The average molecular weight is 233 g/mol. The molecule has 0 saturated heterocycles. The van der Waals surface area contributed by atoms with Gasteiger partial charge in [-0.05, 0) is 37.7 Å². The topological polar surface area (TPSA) is 35.2 Å². The molecule has 0 bridgehead atoms. The minimum atomic E-state index is -0.177. The molecule has 1 aliphatic rings. The van der Waals surface area contributed by atoms with Crippen LogP contribution in [0.15, 0.2) is 24.3 Å². The van der Waals surface area contributed by atoms with E-state index in [9.17, 15) is 0 Å². The average Bonchev–Trinajstić information content (AvgIpc) is 2.68. The summed E-state index contributed by atoms with van der Waals surface area (Å²) in [6.45, 7) is 5.17. The Morgan fingerprint density at radius 2 is 2.18 bits per heavy atom. The Bertz CT molecular complexity index is 377. The molecule has 1 aromatic carbocycles. The largest absolute Gasteiger partial charge is 0.493 e. The molecular weight excluding hydrogens is 210 g/mol. The van der Waals surface area contributed by atoms with E-state index in [1.807, 2.05) is 12.1 Å². The molecular formula is C15H23NO. The second-order valence-electron chi connectivity index (χ2n) is 5.35. The van der Waals surface area contributed by atoms with Crippen LogP contribution in [0.4, 0.5) is 0 Å². The van der Waals surface area contributed by atoms with Crippen LogP contribution in [-0.4, -0.2) is 6.61 Å². The van der Waals surface area contributed by atoms with Gasteiger partial charge >= 0.3 is 0 Å². The van der Waals surface area contributed by atoms with Crippen molar-refractivity contribution in [2.75, 3.05) is 6.61 Å². The lowest BCUT2D eigenvalue weighted by atomic mass is 9.88. The van der Waals surface area contributed by atoms with Crippen LogP contribution in [0, 0.1) is 5.92 Å². The Morgan fingerprint density at radius 3 is 2.82 bits per heavy atom. The maximum atomic E-state index is 6.56. The highest BCUT2D eigenvalue weighted by atomic mass is 16.5. The van der Waals surface area contributed by atoms with Gasteiger partial charge in [-0.1, -0.05) is 32.0 Å². The summed E-state index contributed by atoms with van der Waals surface area (Å²) in [6.07, 6.45) is 4.39. The third-order valence-corrected chi connectivity index (χ3v) is 3.68. The molecule has 2 N–H and O–H groups in total. The summed E-state index contributed by atoms with van der Waals surface area (Å²) < 4.78 is 5.82. The number of hydrogen-bond acceptors (Lipinski definition) is 2. The van der Waals surface area contributed by atoms with Crippen LogP contribution in [0.1, 0.15) is 45.1 Å². The first kappa shape index (κ1) is 12.4. The van der Waals surface area contributed by atoms with Gasteiger partial charge in [0.2, 0.25) is 0 Å². The maximum Gasteiger partial charge on any atom is 0.124 e. The first-order chi connectivity index (χ1) is 8.15. The fraction of sp³-hybridized carbons (Fsp3) is 0.600. The number of benzene rings is 1. The van der Waals surface area contributed by atoms with Crippen LogP contribution >= 0.6 is 0 Å². The Labute approximate surface area is 104 Å². The lowest BCUT2D eigenvalue weighted by molar-refractivity contribution is 0.302. The predicted molar refractivity (Wildman–Crippen MR) is 71.1 cm³/mol. The number of rotatable bonds is 4. The van der Waals surface area contributed by atoms with Crippen LogP contribution < -0.4 is 10.5 Å². The van der Waals surface area contributed by atoms with E-state index in [1.54, 1.807) is 0 Å². The molecule has 94 valence electrons. The molecule has 2 rings (SSSR count). The molecule has 1 fully saturated rings. The van der Waals surface area contributed by atoms with E-state index in [2.05, 4.69) is 26.0 Å². The molecule has 0 heterocycles. The molecule has 2 heteroatoms. The van der Waals surface area contributed by atoms with E-state index in [-0.39, 0.29) is 5.54 Å². The zero-order valence-corrected chi connectivity index (χ0v) is 10.9. The van der Waals surface area contributed by atoms with Gasteiger partial charge in [-0.3, -0.25) is 0 Å². The van der Waals surface area contributed by atoms with Crippen molar-refractivity contribution >= 4 is 0 Å². The van der Waals surface area contributed by atoms with Gasteiger partial charge in [0.15, 0.2) is 0 Å². The summed E-state index contributed by atoms with van der Waals surface area (Å²) >= 11 is 0. The van der Waals surface area contributed by atoms with Gasteiger partial charge in [0.25, 0.3) is 0 Å². The highest BCUT2D eigenvalue weighted by Crippen LogP contribution is 2.43. The number of ether oxygens (including phenoxy) is 1. The smallest absolute Gasteiger partial charge is 0.124 e. The lowest BCUT2D eigenvalue weighted by Gasteiger charge is -2.27. The lowest BCUT2D eigenvalue weighted by Crippen LogP contribution is -2.34. The van der Waals surface area contributed by atoms with Crippen LogP contribution in [0.5, 0.6) is 5.75 Å². The van der Waals surface area contributed by atoms with Crippen molar-refractivity contribution in [2.45, 2.75) is 45.1 Å². The van der Waals surface area contributed by atoms with E-state index in [1.165, 1.54) is 12.0 Å². The Hall–Kier alpha value is -1.02. The van der Waals surface area contributed by atoms with E-state index in [0.29, 0.717) is 0 Å². The number of nitrogens with two attached hydrogens (primary N) is 1. The minimum absolute atomic E-state index is 0.177. The van der Waals surface area contributed by atoms with Gasteiger partial charge in [-0.25, -0.2) is 0 Å². The summed E-state index contributed by atoms with van der Waals surface area (Å²) in [5.41, 5.74) is 7.58. The summed E-state index contributed by atoms with van der Waals surface area (Å²) in [4.78, 5) is 0. The van der Waals surface area contributed by atoms with Crippen molar-refractivity contribution in [1.29, 1.82) is 0 Å². The maximum absolute atomic E-state index is 6.56. The second-order valence-corrected chi connectivity index (χ2v) is 5.35. The summed E-state index contributed by atoms with van der Waals surface area (Å²) in [7, 11) is 0. The molecule has 2 unspecified atom stereocenters. The third kappa shape index (κ3) is 2.63. The summed E-state index contributed by atoms with van der Waals surface area (Å²) in [5, 5.41) is 0. The normalized spacial score (nSPS) is 28.3. The fourth-order valence-corrected chi connectivity index (χ4v) is 2.79. The molecule has 0 aromatic heterocycles.